The molecule has 3 aromatic heterocycles. The number of carbonyl (C=O) groups is 1. The predicted octanol–water partition coefficient (Wildman–Crippen LogP) is 3.53. The summed E-state index contributed by atoms with van der Waals surface area (Å²) < 4.78 is 7.42. The second-order valence-corrected chi connectivity index (χ2v) is 7.08. The molecule has 1 aliphatic heterocycles. The van der Waals surface area contributed by atoms with E-state index in [1.807, 2.05) is 33.2 Å². The van der Waals surface area contributed by atoms with Gasteiger partial charge in [-0.3, -0.25) is 9.69 Å². The van der Waals surface area contributed by atoms with Gasteiger partial charge in [0.2, 0.25) is 11.8 Å². The molecular weight excluding hydrogens is 324 g/mol. The Morgan fingerprint density at radius 1 is 1.38 bits per heavy atom. The fraction of sp³-hybridized carbons (Fsp3) is 0.353. The van der Waals surface area contributed by atoms with Crippen molar-refractivity contribution in [2.45, 2.75) is 38.8 Å². The lowest BCUT2D eigenvalue weighted by Gasteiger charge is -2.36. The molecule has 4 rings (SSSR count). The molecule has 0 saturated carbocycles. The maximum Gasteiger partial charge on any atom is 0.236 e. The van der Waals surface area contributed by atoms with E-state index in [1.165, 1.54) is 0 Å². The Labute approximate surface area is 143 Å². The molecule has 4 heterocycles. The average Bonchev–Trinajstić information content (AvgIpc) is 3.28. The first-order valence-corrected chi connectivity index (χ1v) is 8.85. The van der Waals surface area contributed by atoms with Gasteiger partial charge in [-0.05, 0) is 31.7 Å². The number of nitrogens with zero attached hydrogens (tertiary/aromatic N) is 4. The van der Waals surface area contributed by atoms with Crippen molar-refractivity contribution < 1.29 is 9.21 Å². The van der Waals surface area contributed by atoms with Gasteiger partial charge < -0.3 is 4.42 Å². The van der Waals surface area contributed by atoms with Crippen LogP contribution in [0.3, 0.4) is 0 Å². The van der Waals surface area contributed by atoms with Crippen LogP contribution in [0.2, 0.25) is 0 Å². The highest BCUT2D eigenvalue weighted by Crippen LogP contribution is 2.32. The van der Waals surface area contributed by atoms with Crippen molar-refractivity contribution in [3.8, 4) is 10.8 Å². The molecule has 0 saturated heterocycles. The summed E-state index contributed by atoms with van der Waals surface area (Å²) in [5.41, 5.74) is 0.653. The first-order valence-electron chi connectivity index (χ1n) is 7.97. The zero-order valence-electron chi connectivity index (χ0n) is 13.5. The first-order chi connectivity index (χ1) is 11.6. The molecule has 0 radical (unpaired) electrons. The Kier molecular flexibility index (Phi) is 3.72. The topological polar surface area (TPSA) is 64.2 Å². The lowest BCUT2D eigenvalue weighted by Crippen LogP contribution is -2.45. The number of amides is 1. The van der Waals surface area contributed by atoms with Gasteiger partial charge in [0.25, 0.3) is 0 Å². The lowest BCUT2D eigenvalue weighted by molar-refractivity contribution is -0.118. The summed E-state index contributed by atoms with van der Waals surface area (Å²) in [5, 5.41) is 6.31. The van der Waals surface area contributed by atoms with Crippen LogP contribution in [0.4, 0.5) is 5.82 Å². The summed E-state index contributed by atoms with van der Waals surface area (Å²) in [6, 6.07) is 6.23. The minimum atomic E-state index is 0.0159. The van der Waals surface area contributed by atoms with Crippen molar-refractivity contribution in [2.75, 3.05) is 4.90 Å². The third-order valence-electron chi connectivity index (χ3n) is 4.32. The number of hydrogen-bond acceptors (Lipinski definition) is 5. The molecule has 0 bridgehead atoms. The molecule has 3 aromatic rings. The summed E-state index contributed by atoms with van der Waals surface area (Å²) in [7, 11) is 0. The zero-order chi connectivity index (χ0) is 16.7. The van der Waals surface area contributed by atoms with Gasteiger partial charge in [-0.2, -0.15) is 5.10 Å². The van der Waals surface area contributed by atoms with Crippen LogP contribution < -0.4 is 4.90 Å². The Balaban J connectivity index is 1.56. The van der Waals surface area contributed by atoms with Crippen molar-refractivity contribution in [2.24, 2.45) is 0 Å². The van der Waals surface area contributed by atoms with Gasteiger partial charge in [-0.25, -0.2) is 9.67 Å². The van der Waals surface area contributed by atoms with E-state index in [9.17, 15) is 4.79 Å². The van der Waals surface area contributed by atoms with Gasteiger partial charge in [-0.15, -0.1) is 11.3 Å². The molecule has 6 nitrogen and oxygen atoms in total. The summed E-state index contributed by atoms with van der Waals surface area (Å²) in [5.74, 6) is 1.44. The summed E-state index contributed by atoms with van der Waals surface area (Å²) >= 11 is 1.57. The third-order valence-corrected chi connectivity index (χ3v) is 5.18. The van der Waals surface area contributed by atoms with Gasteiger partial charge in [0.1, 0.15) is 12.1 Å². The molecule has 24 heavy (non-hydrogen) atoms. The van der Waals surface area contributed by atoms with Crippen LogP contribution in [0.1, 0.15) is 32.0 Å². The Hall–Kier alpha value is -2.41. The van der Waals surface area contributed by atoms with Crippen LogP contribution in [0.15, 0.2) is 40.5 Å². The number of oxazole rings is 1. The highest BCUT2D eigenvalue weighted by atomic mass is 32.1. The van der Waals surface area contributed by atoms with Crippen molar-refractivity contribution in [1.29, 1.82) is 0 Å². The summed E-state index contributed by atoms with van der Waals surface area (Å²) in [6.45, 7) is 4.20. The quantitative estimate of drug-likeness (QED) is 0.730. The van der Waals surface area contributed by atoms with E-state index in [2.05, 4.69) is 23.9 Å². The molecular formula is C17H18N4O2S. The molecule has 7 heteroatoms. The maximum absolute atomic E-state index is 12.8. The van der Waals surface area contributed by atoms with Crippen molar-refractivity contribution >= 4 is 23.1 Å². The van der Waals surface area contributed by atoms with Crippen molar-refractivity contribution in [3.05, 3.63) is 41.7 Å². The van der Waals surface area contributed by atoms with E-state index >= 15 is 0 Å². The average molecular weight is 342 g/mol. The number of carbonyl (C=O) groups excluding carboxylic acids is 1. The largest absolute Gasteiger partial charge is 0.444 e. The van der Waals surface area contributed by atoms with Crippen molar-refractivity contribution in [1.82, 2.24) is 14.8 Å². The smallest absolute Gasteiger partial charge is 0.236 e. The van der Waals surface area contributed by atoms with E-state index in [-0.39, 0.29) is 18.4 Å². The Morgan fingerprint density at radius 2 is 2.25 bits per heavy atom. The fourth-order valence-electron chi connectivity index (χ4n) is 3.28. The Bertz CT molecular complexity index is 852. The van der Waals surface area contributed by atoms with Crippen molar-refractivity contribution in [3.63, 3.8) is 0 Å². The van der Waals surface area contributed by atoms with Crippen LogP contribution in [-0.2, 0) is 11.2 Å². The van der Waals surface area contributed by atoms with Gasteiger partial charge in [-0.1, -0.05) is 6.07 Å². The molecule has 0 N–H and O–H groups in total. The molecule has 1 aliphatic rings. The zero-order valence-corrected chi connectivity index (χ0v) is 14.4. The van der Waals surface area contributed by atoms with Crippen LogP contribution in [0.5, 0.6) is 0 Å². The molecule has 0 unspecified atom stereocenters. The second kappa shape index (κ2) is 5.90. The molecule has 0 aromatic carbocycles. The van der Waals surface area contributed by atoms with E-state index in [4.69, 9.17) is 4.42 Å². The standard InChI is InChI=1S/C17H18N4O2S/c1-11-8-12(2)21-15(5-6-18-21)20(11)16(22)9-13-10-23-17(19-13)14-4-3-7-24-14/h3-7,10-12H,8-9H2,1-2H3/t11-,12+/m0/s1. The number of fused-ring (bicyclic) bond motifs is 1. The fourth-order valence-corrected chi connectivity index (χ4v) is 3.93. The minimum Gasteiger partial charge on any atom is -0.444 e. The molecule has 0 spiro atoms. The first kappa shape index (κ1) is 15.1. The number of anilines is 1. The molecule has 0 fully saturated rings. The molecule has 1 amide bonds. The third kappa shape index (κ3) is 2.54. The highest BCUT2D eigenvalue weighted by Gasteiger charge is 2.32. The number of rotatable bonds is 3. The van der Waals surface area contributed by atoms with Crippen LogP contribution in [-0.4, -0.2) is 26.7 Å². The molecule has 2 atom stereocenters. The maximum atomic E-state index is 12.8. The second-order valence-electron chi connectivity index (χ2n) is 6.13. The normalized spacial score (nSPS) is 20.2. The van der Waals surface area contributed by atoms with Gasteiger partial charge in [0, 0.05) is 12.1 Å². The lowest BCUT2D eigenvalue weighted by atomic mass is 10.0. The highest BCUT2D eigenvalue weighted by molar-refractivity contribution is 7.13. The van der Waals surface area contributed by atoms with Gasteiger partial charge in [0.05, 0.1) is 29.2 Å². The molecule has 0 aliphatic carbocycles. The van der Waals surface area contributed by atoms with Gasteiger partial charge in [0.15, 0.2) is 0 Å². The summed E-state index contributed by atoms with van der Waals surface area (Å²) in [6.07, 6.45) is 4.43. The number of aromatic nitrogens is 3. The predicted molar refractivity (Wildman–Crippen MR) is 92.0 cm³/mol. The Morgan fingerprint density at radius 3 is 3.04 bits per heavy atom. The van der Waals surface area contributed by atoms with Crippen LogP contribution in [0, 0.1) is 0 Å². The summed E-state index contributed by atoms with van der Waals surface area (Å²) in [4.78, 5) is 20.1. The minimum absolute atomic E-state index is 0.0159. The monoisotopic (exact) mass is 342 g/mol. The van der Waals surface area contributed by atoms with Crippen LogP contribution in [0.25, 0.3) is 10.8 Å². The number of thiophene rings is 1. The van der Waals surface area contributed by atoms with Gasteiger partial charge >= 0.3 is 0 Å². The molecule has 124 valence electrons. The van der Waals surface area contributed by atoms with E-state index in [0.29, 0.717) is 17.6 Å². The van der Waals surface area contributed by atoms with E-state index in [0.717, 1.165) is 17.1 Å². The SMILES string of the molecule is C[C@@H]1C[C@H](C)N(C(=O)Cc2coc(-c3cccs3)n2)c2ccnn21. The van der Waals surface area contributed by atoms with Crippen LogP contribution >= 0.6 is 11.3 Å². The van der Waals surface area contributed by atoms with E-state index in [1.54, 1.807) is 23.8 Å². The van der Waals surface area contributed by atoms with E-state index < -0.39 is 0 Å². The number of hydrogen-bond donors (Lipinski definition) is 0.